The molecule has 1 saturated heterocycles. The van der Waals surface area contributed by atoms with E-state index in [4.69, 9.17) is 0 Å². The Labute approximate surface area is 148 Å². The number of hydrogen-bond acceptors (Lipinski definition) is 4. The second-order valence-electron chi connectivity index (χ2n) is 5.79. The molecule has 5 nitrogen and oxygen atoms in total. The summed E-state index contributed by atoms with van der Waals surface area (Å²) in [5.74, 6) is -0.248. The summed E-state index contributed by atoms with van der Waals surface area (Å²) in [5.41, 5.74) is 2.19. The van der Waals surface area contributed by atoms with E-state index < -0.39 is 0 Å². The van der Waals surface area contributed by atoms with Crippen molar-refractivity contribution < 1.29 is 9.31 Å². The number of hydrogen-bond donors (Lipinski definition) is 0. The van der Waals surface area contributed by atoms with E-state index in [1.807, 2.05) is 12.1 Å². The fraction of sp³-hybridized carbons (Fsp3) is 0.294. The molecular weight excluding hydrogens is 377 g/mol. The van der Waals surface area contributed by atoms with Gasteiger partial charge in [-0.15, -0.1) is 0 Å². The Bertz CT molecular complexity index is 731. The standard InChI is InChI=1S/C17H17BrFN3O2/c18-16-11-13(1-6-17(16)19)12-20-7-9-21(10-8-20)14-2-4-15(5-3-14)22(23)24/h1-6,11H,7-10,12H2. The highest BCUT2D eigenvalue weighted by Crippen LogP contribution is 2.22. The fourth-order valence-electron chi connectivity index (χ4n) is 2.85. The number of piperazine rings is 1. The Hall–Kier alpha value is -1.99. The number of nitrogens with zero attached hydrogens (tertiary/aromatic N) is 3. The van der Waals surface area contributed by atoms with E-state index in [0.29, 0.717) is 4.47 Å². The zero-order valence-corrected chi connectivity index (χ0v) is 14.6. The van der Waals surface area contributed by atoms with E-state index in [-0.39, 0.29) is 16.4 Å². The fourth-order valence-corrected chi connectivity index (χ4v) is 3.27. The number of non-ortho nitro benzene ring substituents is 1. The minimum atomic E-state index is -0.386. The van der Waals surface area contributed by atoms with Gasteiger partial charge in [0.25, 0.3) is 5.69 Å². The molecule has 1 fully saturated rings. The summed E-state index contributed by atoms with van der Waals surface area (Å²) in [7, 11) is 0. The summed E-state index contributed by atoms with van der Waals surface area (Å²) in [6.07, 6.45) is 0. The van der Waals surface area contributed by atoms with Gasteiger partial charge in [0.05, 0.1) is 9.40 Å². The van der Waals surface area contributed by atoms with Crippen molar-refractivity contribution in [1.82, 2.24) is 4.90 Å². The molecule has 0 spiro atoms. The molecule has 0 saturated carbocycles. The molecule has 0 N–H and O–H groups in total. The van der Waals surface area contributed by atoms with E-state index in [1.165, 1.54) is 18.2 Å². The third-order valence-electron chi connectivity index (χ3n) is 4.19. The average Bonchev–Trinajstić information content (AvgIpc) is 2.59. The zero-order valence-electron chi connectivity index (χ0n) is 13.0. The van der Waals surface area contributed by atoms with Crippen molar-refractivity contribution in [3.63, 3.8) is 0 Å². The minimum Gasteiger partial charge on any atom is -0.369 e. The topological polar surface area (TPSA) is 49.6 Å². The van der Waals surface area contributed by atoms with Crippen molar-refractivity contribution in [2.24, 2.45) is 0 Å². The summed E-state index contributed by atoms with van der Waals surface area (Å²) in [6.45, 7) is 4.30. The van der Waals surface area contributed by atoms with Crippen LogP contribution in [0.2, 0.25) is 0 Å². The largest absolute Gasteiger partial charge is 0.369 e. The molecule has 3 rings (SSSR count). The van der Waals surface area contributed by atoms with Crippen LogP contribution in [0.15, 0.2) is 46.9 Å². The summed E-state index contributed by atoms with van der Waals surface area (Å²) in [6, 6.07) is 11.8. The number of benzene rings is 2. The Balaban J connectivity index is 1.57. The molecule has 126 valence electrons. The van der Waals surface area contributed by atoms with Crippen molar-refractivity contribution in [3.05, 3.63) is 68.4 Å². The van der Waals surface area contributed by atoms with Gasteiger partial charge in [0.15, 0.2) is 0 Å². The number of nitro groups is 1. The van der Waals surface area contributed by atoms with E-state index in [2.05, 4.69) is 25.7 Å². The number of anilines is 1. The third kappa shape index (κ3) is 3.91. The van der Waals surface area contributed by atoms with Crippen LogP contribution >= 0.6 is 15.9 Å². The molecule has 0 unspecified atom stereocenters. The number of nitro benzene ring substituents is 1. The summed E-state index contributed by atoms with van der Waals surface area (Å²) < 4.78 is 13.8. The second-order valence-corrected chi connectivity index (χ2v) is 6.64. The molecule has 0 radical (unpaired) electrons. The second kappa shape index (κ2) is 7.27. The molecule has 1 aliphatic heterocycles. The Morgan fingerprint density at radius 2 is 1.75 bits per heavy atom. The lowest BCUT2D eigenvalue weighted by Crippen LogP contribution is -2.45. The van der Waals surface area contributed by atoms with E-state index >= 15 is 0 Å². The minimum absolute atomic E-state index is 0.110. The van der Waals surface area contributed by atoms with Crippen LogP contribution in [-0.2, 0) is 6.54 Å². The molecule has 0 bridgehead atoms. The maximum atomic E-state index is 13.3. The Morgan fingerprint density at radius 3 is 2.33 bits per heavy atom. The van der Waals surface area contributed by atoms with Crippen LogP contribution in [-0.4, -0.2) is 36.0 Å². The zero-order chi connectivity index (χ0) is 17.1. The van der Waals surface area contributed by atoms with E-state index in [9.17, 15) is 14.5 Å². The summed E-state index contributed by atoms with van der Waals surface area (Å²) in [4.78, 5) is 14.9. The molecular formula is C17H17BrFN3O2. The highest BCUT2D eigenvalue weighted by molar-refractivity contribution is 9.10. The first kappa shape index (κ1) is 16.9. The van der Waals surface area contributed by atoms with Gasteiger partial charge >= 0.3 is 0 Å². The van der Waals surface area contributed by atoms with Crippen LogP contribution in [0.4, 0.5) is 15.8 Å². The molecule has 0 aliphatic carbocycles. The third-order valence-corrected chi connectivity index (χ3v) is 4.80. The first-order chi connectivity index (χ1) is 11.5. The first-order valence-corrected chi connectivity index (χ1v) is 8.48. The van der Waals surface area contributed by atoms with Crippen LogP contribution < -0.4 is 4.90 Å². The van der Waals surface area contributed by atoms with Gasteiger partial charge in [-0.2, -0.15) is 0 Å². The monoisotopic (exact) mass is 393 g/mol. The highest BCUT2D eigenvalue weighted by atomic mass is 79.9. The summed E-state index contributed by atoms with van der Waals surface area (Å²) >= 11 is 3.22. The Morgan fingerprint density at radius 1 is 1.08 bits per heavy atom. The van der Waals surface area contributed by atoms with E-state index in [1.54, 1.807) is 12.1 Å². The van der Waals surface area contributed by atoms with Gasteiger partial charge in [-0.1, -0.05) is 6.07 Å². The number of rotatable bonds is 4. The highest BCUT2D eigenvalue weighted by Gasteiger charge is 2.18. The lowest BCUT2D eigenvalue weighted by molar-refractivity contribution is -0.384. The van der Waals surface area contributed by atoms with Gasteiger partial charge < -0.3 is 4.90 Å². The van der Waals surface area contributed by atoms with Gasteiger partial charge in [0, 0.05) is 50.5 Å². The SMILES string of the molecule is O=[N+]([O-])c1ccc(N2CCN(Cc3ccc(F)c(Br)c3)CC2)cc1. The smallest absolute Gasteiger partial charge is 0.269 e. The van der Waals surface area contributed by atoms with Crippen LogP contribution in [0.3, 0.4) is 0 Å². The number of halogens is 2. The van der Waals surface area contributed by atoms with Crippen LogP contribution in [0.25, 0.3) is 0 Å². The van der Waals surface area contributed by atoms with Crippen LogP contribution in [0.5, 0.6) is 0 Å². The quantitative estimate of drug-likeness (QED) is 0.585. The van der Waals surface area contributed by atoms with Gasteiger partial charge in [-0.25, -0.2) is 4.39 Å². The van der Waals surface area contributed by atoms with Crippen molar-refractivity contribution in [2.75, 3.05) is 31.1 Å². The molecule has 7 heteroatoms. The molecule has 1 heterocycles. The molecule has 2 aromatic carbocycles. The maximum absolute atomic E-state index is 13.3. The van der Waals surface area contributed by atoms with Crippen molar-refractivity contribution in [1.29, 1.82) is 0 Å². The van der Waals surface area contributed by atoms with Crippen LogP contribution in [0.1, 0.15) is 5.56 Å². The van der Waals surface area contributed by atoms with Gasteiger partial charge in [0.2, 0.25) is 0 Å². The Kier molecular flexibility index (Phi) is 5.11. The van der Waals surface area contributed by atoms with Crippen molar-refractivity contribution in [2.45, 2.75) is 6.54 Å². The predicted molar refractivity (Wildman–Crippen MR) is 94.7 cm³/mol. The van der Waals surface area contributed by atoms with Crippen LogP contribution in [0, 0.1) is 15.9 Å². The molecule has 2 aromatic rings. The van der Waals surface area contributed by atoms with Gasteiger partial charge in [0.1, 0.15) is 5.82 Å². The predicted octanol–water partition coefficient (Wildman–Crippen LogP) is 3.82. The van der Waals surface area contributed by atoms with Crippen molar-refractivity contribution in [3.8, 4) is 0 Å². The molecule has 1 aliphatic rings. The molecule has 0 atom stereocenters. The molecule has 24 heavy (non-hydrogen) atoms. The lowest BCUT2D eigenvalue weighted by atomic mass is 10.2. The molecule has 0 aromatic heterocycles. The maximum Gasteiger partial charge on any atom is 0.269 e. The van der Waals surface area contributed by atoms with E-state index in [0.717, 1.165) is 44.0 Å². The normalized spacial score (nSPS) is 15.5. The first-order valence-electron chi connectivity index (χ1n) is 7.68. The molecule has 0 amide bonds. The van der Waals surface area contributed by atoms with Crippen molar-refractivity contribution >= 4 is 27.3 Å². The summed E-state index contributed by atoms with van der Waals surface area (Å²) in [5, 5.41) is 10.7. The lowest BCUT2D eigenvalue weighted by Gasteiger charge is -2.36. The van der Waals surface area contributed by atoms with Gasteiger partial charge in [-0.3, -0.25) is 15.0 Å². The average molecular weight is 394 g/mol. The van der Waals surface area contributed by atoms with Gasteiger partial charge in [-0.05, 0) is 45.8 Å².